The number of aryl methyl sites for hydroxylation is 1. The first-order valence-electron chi connectivity index (χ1n) is 5.59. The zero-order valence-corrected chi connectivity index (χ0v) is 8.75. The Morgan fingerprint density at radius 2 is 2.43 bits per heavy atom. The lowest BCUT2D eigenvalue weighted by Crippen LogP contribution is -2.19. The Balaban J connectivity index is 2.04. The topological polar surface area (TPSA) is 38.1 Å². The average molecular weight is 194 g/mol. The molecule has 0 bridgehead atoms. The zero-order chi connectivity index (χ0) is 9.80. The summed E-state index contributed by atoms with van der Waals surface area (Å²) in [4.78, 5) is 0. The SMILES string of the molecule is CCc1cc(C2CCCCCN2)on1. The van der Waals surface area contributed by atoms with Gasteiger partial charge < -0.3 is 9.84 Å². The molecule has 0 amide bonds. The summed E-state index contributed by atoms with van der Waals surface area (Å²) in [5.74, 6) is 1.02. The highest BCUT2D eigenvalue weighted by Gasteiger charge is 2.17. The highest BCUT2D eigenvalue weighted by molar-refractivity contribution is 5.09. The van der Waals surface area contributed by atoms with Crippen LogP contribution in [0.4, 0.5) is 0 Å². The van der Waals surface area contributed by atoms with Crippen LogP contribution in [-0.2, 0) is 6.42 Å². The molecule has 1 aliphatic heterocycles. The molecule has 3 nitrogen and oxygen atoms in total. The molecule has 0 spiro atoms. The van der Waals surface area contributed by atoms with Gasteiger partial charge in [0, 0.05) is 6.07 Å². The van der Waals surface area contributed by atoms with Gasteiger partial charge in [0.25, 0.3) is 0 Å². The average Bonchev–Trinajstić information content (AvgIpc) is 2.53. The Morgan fingerprint density at radius 3 is 3.21 bits per heavy atom. The van der Waals surface area contributed by atoms with Crippen molar-refractivity contribution < 1.29 is 4.52 Å². The number of nitrogens with zero attached hydrogens (tertiary/aromatic N) is 1. The van der Waals surface area contributed by atoms with Crippen molar-refractivity contribution in [2.75, 3.05) is 6.54 Å². The largest absolute Gasteiger partial charge is 0.359 e. The van der Waals surface area contributed by atoms with Gasteiger partial charge in [-0.05, 0) is 25.8 Å². The van der Waals surface area contributed by atoms with Gasteiger partial charge >= 0.3 is 0 Å². The van der Waals surface area contributed by atoms with Gasteiger partial charge in [-0.3, -0.25) is 0 Å². The summed E-state index contributed by atoms with van der Waals surface area (Å²) in [7, 11) is 0. The van der Waals surface area contributed by atoms with Crippen LogP contribution in [0.3, 0.4) is 0 Å². The van der Waals surface area contributed by atoms with E-state index in [-0.39, 0.29) is 0 Å². The van der Waals surface area contributed by atoms with E-state index in [9.17, 15) is 0 Å². The third kappa shape index (κ3) is 2.15. The van der Waals surface area contributed by atoms with Crippen LogP contribution in [-0.4, -0.2) is 11.7 Å². The summed E-state index contributed by atoms with van der Waals surface area (Å²) in [5.41, 5.74) is 1.06. The molecule has 1 aromatic rings. The lowest BCUT2D eigenvalue weighted by molar-refractivity contribution is 0.331. The molecular formula is C11H18N2O. The van der Waals surface area contributed by atoms with E-state index in [0.29, 0.717) is 6.04 Å². The Kier molecular flexibility index (Phi) is 3.19. The molecule has 0 aromatic carbocycles. The van der Waals surface area contributed by atoms with Crippen molar-refractivity contribution in [3.05, 3.63) is 17.5 Å². The molecule has 1 aromatic heterocycles. The molecular weight excluding hydrogens is 176 g/mol. The second kappa shape index (κ2) is 4.60. The monoisotopic (exact) mass is 194 g/mol. The molecule has 1 unspecified atom stereocenters. The third-order valence-corrected chi connectivity index (χ3v) is 2.84. The quantitative estimate of drug-likeness (QED) is 0.785. The summed E-state index contributed by atoms with van der Waals surface area (Å²) in [6, 6.07) is 2.48. The van der Waals surface area contributed by atoms with Crippen LogP contribution in [0, 0.1) is 0 Å². The maximum absolute atomic E-state index is 5.34. The number of aromatic nitrogens is 1. The van der Waals surface area contributed by atoms with Crippen LogP contribution in [0.2, 0.25) is 0 Å². The lowest BCUT2D eigenvalue weighted by atomic mass is 10.1. The fraction of sp³-hybridized carbons (Fsp3) is 0.727. The van der Waals surface area contributed by atoms with Crippen molar-refractivity contribution in [3.63, 3.8) is 0 Å². The van der Waals surface area contributed by atoms with E-state index < -0.39 is 0 Å². The number of rotatable bonds is 2. The smallest absolute Gasteiger partial charge is 0.153 e. The number of hydrogen-bond acceptors (Lipinski definition) is 3. The number of hydrogen-bond donors (Lipinski definition) is 1. The van der Waals surface area contributed by atoms with Crippen LogP contribution in [0.5, 0.6) is 0 Å². The van der Waals surface area contributed by atoms with Crippen molar-refractivity contribution in [3.8, 4) is 0 Å². The van der Waals surface area contributed by atoms with E-state index in [4.69, 9.17) is 4.52 Å². The van der Waals surface area contributed by atoms with Gasteiger partial charge in [0.15, 0.2) is 5.76 Å². The molecule has 1 fully saturated rings. The molecule has 2 heterocycles. The van der Waals surface area contributed by atoms with E-state index in [1.165, 1.54) is 25.7 Å². The van der Waals surface area contributed by atoms with Gasteiger partial charge in [0.1, 0.15) is 0 Å². The van der Waals surface area contributed by atoms with E-state index >= 15 is 0 Å². The maximum atomic E-state index is 5.34. The standard InChI is InChI=1S/C11H18N2O/c1-2-9-8-11(14-13-9)10-6-4-3-5-7-12-10/h8,10,12H,2-7H2,1H3. The highest BCUT2D eigenvalue weighted by atomic mass is 16.5. The molecule has 1 saturated heterocycles. The summed E-state index contributed by atoms with van der Waals surface area (Å²) in [5, 5.41) is 7.53. The summed E-state index contributed by atoms with van der Waals surface area (Å²) in [6.07, 6.45) is 6.04. The molecule has 0 radical (unpaired) electrons. The highest BCUT2D eigenvalue weighted by Crippen LogP contribution is 2.23. The molecule has 14 heavy (non-hydrogen) atoms. The third-order valence-electron chi connectivity index (χ3n) is 2.84. The van der Waals surface area contributed by atoms with Crippen molar-refractivity contribution in [2.24, 2.45) is 0 Å². The normalized spacial score (nSPS) is 23.4. The fourth-order valence-corrected chi connectivity index (χ4v) is 1.93. The van der Waals surface area contributed by atoms with Gasteiger partial charge in [-0.25, -0.2) is 0 Å². The van der Waals surface area contributed by atoms with Crippen molar-refractivity contribution in [1.82, 2.24) is 10.5 Å². The predicted octanol–water partition coefficient (Wildman–Crippen LogP) is 2.44. The van der Waals surface area contributed by atoms with Crippen LogP contribution < -0.4 is 5.32 Å². The first kappa shape index (κ1) is 9.71. The van der Waals surface area contributed by atoms with E-state index in [2.05, 4.69) is 23.5 Å². The first-order valence-corrected chi connectivity index (χ1v) is 5.59. The van der Waals surface area contributed by atoms with Gasteiger partial charge in [-0.2, -0.15) is 0 Å². The van der Waals surface area contributed by atoms with Crippen LogP contribution in [0.1, 0.15) is 50.1 Å². The fourth-order valence-electron chi connectivity index (χ4n) is 1.93. The molecule has 2 rings (SSSR count). The Hall–Kier alpha value is -0.830. The van der Waals surface area contributed by atoms with Crippen molar-refractivity contribution in [2.45, 2.75) is 45.1 Å². The van der Waals surface area contributed by atoms with Crippen LogP contribution in [0.15, 0.2) is 10.6 Å². The summed E-state index contributed by atoms with van der Waals surface area (Å²) >= 11 is 0. The molecule has 3 heteroatoms. The zero-order valence-electron chi connectivity index (χ0n) is 8.75. The van der Waals surface area contributed by atoms with Crippen LogP contribution in [0.25, 0.3) is 0 Å². The van der Waals surface area contributed by atoms with Gasteiger partial charge in [0.2, 0.25) is 0 Å². The minimum absolute atomic E-state index is 0.394. The molecule has 1 aliphatic rings. The summed E-state index contributed by atoms with van der Waals surface area (Å²) in [6.45, 7) is 3.20. The Bertz CT molecular complexity index is 275. The second-order valence-corrected chi connectivity index (χ2v) is 3.93. The molecule has 0 saturated carbocycles. The second-order valence-electron chi connectivity index (χ2n) is 3.93. The minimum atomic E-state index is 0.394. The van der Waals surface area contributed by atoms with Gasteiger partial charge in [0.05, 0.1) is 11.7 Å². The molecule has 78 valence electrons. The maximum Gasteiger partial charge on any atom is 0.153 e. The van der Waals surface area contributed by atoms with E-state index in [1.54, 1.807) is 0 Å². The lowest BCUT2D eigenvalue weighted by Gasteiger charge is -2.10. The first-order chi connectivity index (χ1) is 6.90. The summed E-state index contributed by atoms with van der Waals surface area (Å²) < 4.78 is 5.34. The van der Waals surface area contributed by atoms with Gasteiger partial charge in [-0.1, -0.05) is 24.9 Å². The molecule has 1 atom stereocenters. The number of nitrogens with one attached hydrogen (secondary N) is 1. The molecule has 0 aliphatic carbocycles. The predicted molar refractivity (Wildman–Crippen MR) is 55.1 cm³/mol. The van der Waals surface area contributed by atoms with Crippen molar-refractivity contribution >= 4 is 0 Å². The molecule has 1 N–H and O–H groups in total. The van der Waals surface area contributed by atoms with Crippen LogP contribution >= 0.6 is 0 Å². The minimum Gasteiger partial charge on any atom is -0.359 e. The van der Waals surface area contributed by atoms with E-state index in [1.807, 2.05) is 0 Å². The van der Waals surface area contributed by atoms with Crippen molar-refractivity contribution in [1.29, 1.82) is 0 Å². The van der Waals surface area contributed by atoms with Gasteiger partial charge in [-0.15, -0.1) is 0 Å². The van der Waals surface area contributed by atoms with E-state index in [0.717, 1.165) is 24.4 Å². The Labute approximate surface area is 84.9 Å². The Morgan fingerprint density at radius 1 is 1.50 bits per heavy atom.